The van der Waals surface area contributed by atoms with Gasteiger partial charge in [0.25, 0.3) is 0 Å². The lowest BCUT2D eigenvalue weighted by Crippen LogP contribution is -2.34. The summed E-state index contributed by atoms with van der Waals surface area (Å²) in [7, 11) is 0. The maximum atomic E-state index is 11.8. The molecule has 2 bridgehead atoms. The van der Waals surface area contributed by atoms with Gasteiger partial charge in [-0.1, -0.05) is 19.1 Å². The Morgan fingerprint density at radius 2 is 1.91 bits per heavy atom. The molecule has 2 aliphatic rings. The van der Waals surface area contributed by atoms with E-state index in [1.807, 2.05) is 32.9 Å². The van der Waals surface area contributed by atoms with Gasteiger partial charge in [-0.2, -0.15) is 0 Å². The fourth-order valence-electron chi connectivity index (χ4n) is 3.05. The van der Waals surface area contributed by atoms with Gasteiger partial charge in [-0.15, -0.1) is 0 Å². The van der Waals surface area contributed by atoms with Gasteiger partial charge >= 0.3 is 11.9 Å². The zero-order valence-corrected chi connectivity index (χ0v) is 14.0. The van der Waals surface area contributed by atoms with Gasteiger partial charge in [0.15, 0.2) is 0 Å². The standard InChI is InChI=1S/C17H26O6/c1-4-17(2,3)16(20)22-8-7-21-10-23-14-12-6-5-11(9-12)13(14)15(18)19/h5-6,11-14H,4,7-10H2,1-3H3,(H,18,19). The van der Waals surface area contributed by atoms with E-state index in [0.717, 1.165) is 6.42 Å². The van der Waals surface area contributed by atoms with Crippen LogP contribution in [-0.2, 0) is 23.8 Å². The minimum absolute atomic E-state index is 0.0141. The van der Waals surface area contributed by atoms with Crippen molar-refractivity contribution in [2.45, 2.75) is 39.7 Å². The Balaban J connectivity index is 1.64. The third kappa shape index (κ3) is 4.12. The van der Waals surface area contributed by atoms with E-state index in [-0.39, 0.29) is 43.9 Å². The number of rotatable bonds is 9. The largest absolute Gasteiger partial charge is 0.481 e. The van der Waals surface area contributed by atoms with E-state index in [1.165, 1.54) is 0 Å². The van der Waals surface area contributed by atoms with Crippen LogP contribution in [0.25, 0.3) is 0 Å². The summed E-state index contributed by atoms with van der Waals surface area (Å²) in [4.78, 5) is 23.1. The number of carbonyl (C=O) groups is 2. The summed E-state index contributed by atoms with van der Waals surface area (Å²) in [6, 6.07) is 0. The molecule has 0 aliphatic heterocycles. The first-order valence-corrected chi connectivity index (χ1v) is 8.14. The summed E-state index contributed by atoms with van der Waals surface area (Å²) in [5.41, 5.74) is -0.485. The minimum Gasteiger partial charge on any atom is -0.481 e. The second-order valence-electron chi connectivity index (χ2n) is 6.84. The maximum absolute atomic E-state index is 11.8. The number of allylic oxidation sites excluding steroid dienone is 1. The van der Waals surface area contributed by atoms with Gasteiger partial charge in [-0.25, -0.2) is 0 Å². The number of hydrogen-bond donors (Lipinski definition) is 1. The molecule has 0 aromatic rings. The highest BCUT2D eigenvalue weighted by Gasteiger charge is 2.49. The van der Waals surface area contributed by atoms with Crippen molar-refractivity contribution in [3.05, 3.63) is 12.2 Å². The van der Waals surface area contributed by atoms with Crippen LogP contribution < -0.4 is 0 Å². The number of aliphatic carboxylic acids is 1. The lowest BCUT2D eigenvalue weighted by atomic mass is 9.91. The number of esters is 1. The second kappa shape index (κ2) is 7.45. The molecule has 0 amide bonds. The third-order valence-corrected chi connectivity index (χ3v) is 4.91. The molecular weight excluding hydrogens is 300 g/mol. The van der Waals surface area contributed by atoms with Crippen LogP contribution in [0.3, 0.4) is 0 Å². The zero-order chi connectivity index (χ0) is 17.0. The average molecular weight is 326 g/mol. The van der Waals surface area contributed by atoms with Crippen molar-refractivity contribution >= 4 is 11.9 Å². The smallest absolute Gasteiger partial charge is 0.311 e. The van der Waals surface area contributed by atoms with Crippen LogP contribution in [0, 0.1) is 23.2 Å². The molecule has 6 heteroatoms. The van der Waals surface area contributed by atoms with Gasteiger partial charge in [0, 0.05) is 5.92 Å². The van der Waals surface area contributed by atoms with Gasteiger partial charge in [0.1, 0.15) is 13.4 Å². The molecule has 4 atom stereocenters. The normalized spacial score (nSPS) is 29.0. The molecule has 1 saturated carbocycles. The minimum atomic E-state index is -0.817. The molecule has 1 N–H and O–H groups in total. The number of fused-ring (bicyclic) bond motifs is 2. The molecule has 2 aliphatic carbocycles. The van der Waals surface area contributed by atoms with E-state index in [0.29, 0.717) is 6.42 Å². The highest BCUT2D eigenvalue weighted by molar-refractivity contribution is 5.75. The van der Waals surface area contributed by atoms with E-state index in [1.54, 1.807) is 0 Å². The Labute approximate surface area is 136 Å². The monoisotopic (exact) mass is 326 g/mol. The molecule has 0 aromatic heterocycles. The molecule has 0 heterocycles. The molecule has 0 saturated heterocycles. The van der Waals surface area contributed by atoms with Gasteiger partial charge in [0.2, 0.25) is 0 Å². The summed E-state index contributed by atoms with van der Waals surface area (Å²) < 4.78 is 16.1. The van der Waals surface area contributed by atoms with Crippen LogP contribution in [0.5, 0.6) is 0 Å². The Kier molecular flexibility index (Phi) is 5.81. The Bertz CT molecular complexity index is 470. The van der Waals surface area contributed by atoms with Crippen LogP contribution >= 0.6 is 0 Å². The van der Waals surface area contributed by atoms with E-state index >= 15 is 0 Å². The first kappa shape index (κ1) is 17.9. The number of carboxylic acids is 1. The molecule has 4 unspecified atom stereocenters. The van der Waals surface area contributed by atoms with Crippen LogP contribution in [0.1, 0.15) is 33.6 Å². The summed E-state index contributed by atoms with van der Waals surface area (Å²) in [5, 5.41) is 9.29. The molecule has 0 spiro atoms. The van der Waals surface area contributed by atoms with Gasteiger partial charge < -0.3 is 19.3 Å². The lowest BCUT2D eigenvalue weighted by molar-refractivity contribution is -0.163. The van der Waals surface area contributed by atoms with Crippen molar-refractivity contribution in [1.29, 1.82) is 0 Å². The Morgan fingerprint density at radius 3 is 2.57 bits per heavy atom. The second-order valence-corrected chi connectivity index (χ2v) is 6.84. The van der Waals surface area contributed by atoms with Crippen LogP contribution in [0.4, 0.5) is 0 Å². The Hall–Kier alpha value is -1.40. The molecule has 0 radical (unpaired) electrons. The number of ether oxygens (including phenoxy) is 3. The van der Waals surface area contributed by atoms with E-state index in [4.69, 9.17) is 14.2 Å². The molecule has 2 rings (SSSR count). The number of carboxylic acid groups (broad SMARTS) is 1. The van der Waals surface area contributed by atoms with Crippen LogP contribution in [0.15, 0.2) is 12.2 Å². The topological polar surface area (TPSA) is 82.1 Å². The van der Waals surface area contributed by atoms with Crippen molar-refractivity contribution < 1.29 is 28.9 Å². The summed E-state index contributed by atoms with van der Waals surface area (Å²) >= 11 is 0. The summed E-state index contributed by atoms with van der Waals surface area (Å²) in [6.07, 6.45) is 5.22. The number of carbonyl (C=O) groups excluding carboxylic acids is 1. The molecule has 6 nitrogen and oxygen atoms in total. The zero-order valence-electron chi connectivity index (χ0n) is 14.0. The molecule has 23 heavy (non-hydrogen) atoms. The molecule has 130 valence electrons. The quantitative estimate of drug-likeness (QED) is 0.303. The van der Waals surface area contributed by atoms with Crippen molar-refractivity contribution in [2.24, 2.45) is 23.2 Å². The first-order chi connectivity index (χ1) is 10.9. The highest BCUT2D eigenvalue weighted by Crippen LogP contribution is 2.45. The van der Waals surface area contributed by atoms with Crippen molar-refractivity contribution in [3.63, 3.8) is 0 Å². The van der Waals surface area contributed by atoms with Crippen molar-refractivity contribution in [2.75, 3.05) is 20.0 Å². The van der Waals surface area contributed by atoms with Crippen molar-refractivity contribution in [1.82, 2.24) is 0 Å². The van der Waals surface area contributed by atoms with Crippen molar-refractivity contribution in [3.8, 4) is 0 Å². The molecule has 0 aromatic carbocycles. The summed E-state index contributed by atoms with van der Waals surface area (Å²) in [5.74, 6) is -1.32. The van der Waals surface area contributed by atoms with E-state index < -0.39 is 17.3 Å². The van der Waals surface area contributed by atoms with Gasteiger partial charge in [-0.05, 0) is 32.6 Å². The molecule has 1 fully saturated rings. The first-order valence-electron chi connectivity index (χ1n) is 8.14. The fraction of sp³-hybridized carbons (Fsp3) is 0.765. The maximum Gasteiger partial charge on any atom is 0.311 e. The predicted molar refractivity (Wildman–Crippen MR) is 82.6 cm³/mol. The number of hydrogen-bond acceptors (Lipinski definition) is 5. The third-order valence-electron chi connectivity index (χ3n) is 4.91. The highest BCUT2D eigenvalue weighted by atomic mass is 16.7. The van der Waals surface area contributed by atoms with Gasteiger partial charge in [0.05, 0.1) is 24.0 Å². The molecular formula is C17H26O6. The predicted octanol–water partition coefficient (Wildman–Crippen LogP) is 2.23. The summed E-state index contributed by atoms with van der Waals surface area (Å²) in [6.45, 7) is 6.04. The van der Waals surface area contributed by atoms with E-state index in [9.17, 15) is 14.7 Å². The fourth-order valence-corrected chi connectivity index (χ4v) is 3.05. The SMILES string of the molecule is CCC(C)(C)C(=O)OCCOCOC1C2C=CC(C2)C1C(=O)O. The van der Waals surface area contributed by atoms with Crippen LogP contribution in [0.2, 0.25) is 0 Å². The van der Waals surface area contributed by atoms with E-state index in [2.05, 4.69) is 0 Å². The van der Waals surface area contributed by atoms with Gasteiger partial charge in [-0.3, -0.25) is 9.59 Å². The Morgan fingerprint density at radius 1 is 1.22 bits per heavy atom. The van der Waals surface area contributed by atoms with Crippen LogP contribution in [-0.4, -0.2) is 43.2 Å². The lowest BCUT2D eigenvalue weighted by Gasteiger charge is -2.25. The average Bonchev–Trinajstić information content (AvgIpc) is 3.11.